The Bertz CT molecular complexity index is 951. The Labute approximate surface area is 181 Å². The maximum absolute atomic E-state index is 13.2. The number of carbonyl (C=O) groups excluding carboxylic acids is 2. The van der Waals surface area contributed by atoms with Crippen molar-refractivity contribution in [2.45, 2.75) is 18.9 Å². The van der Waals surface area contributed by atoms with Gasteiger partial charge in [0.05, 0.1) is 11.1 Å². The molecule has 0 fully saturated rings. The molecule has 0 aliphatic carbocycles. The fourth-order valence-electron chi connectivity index (χ4n) is 3.64. The van der Waals surface area contributed by atoms with E-state index in [1.165, 1.54) is 23.4 Å². The molecule has 8 heteroatoms. The minimum atomic E-state index is -0.831. The number of aryl methyl sites for hydroxylation is 1. The molecule has 2 amide bonds. The van der Waals surface area contributed by atoms with E-state index in [1.807, 2.05) is 19.0 Å². The number of amides is 2. The van der Waals surface area contributed by atoms with Gasteiger partial charge in [0.15, 0.2) is 0 Å². The molecule has 3 rings (SSSR count). The van der Waals surface area contributed by atoms with Crippen molar-refractivity contribution in [1.82, 2.24) is 10.2 Å². The van der Waals surface area contributed by atoms with Crippen molar-refractivity contribution in [2.75, 3.05) is 44.4 Å². The molecular weight excluding hydrogens is 407 g/mol. The SMILES string of the molecule is CN1CCCc2cc(C(CNC(=O)C(=O)Nc3ccc(F)c(Cl)c3)N(C)C)ccc21. The number of rotatable bonds is 5. The van der Waals surface area contributed by atoms with Gasteiger partial charge in [0.2, 0.25) is 0 Å². The molecule has 0 spiro atoms. The van der Waals surface area contributed by atoms with Crippen molar-refractivity contribution >= 4 is 34.8 Å². The van der Waals surface area contributed by atoms with E-state index < -0.39 is 17.6 Å². The van der Waals surface area contributed by atoms with E-state index in [4.69, 9.17) is 11.6 Å². The third kappa shape index (κ3) is 5.09. The Hall–Kier alpha value is -2.64. The van der Waals surface area contributed by atoms with Crippen LogP contribution in [-0.2, 0) is 16.0 Å². The van der Waals surface area contributed by atoms with Crippen LogP contribution < -0.4 is 15.5 Å². The largest absolute Gasteiger partial charge is 0.374 e. The molecular formula is C22H26ClFN4O2. The molecule has 160 valence electrons. The molecule has 1 aliphatic heterocycles. The van der Waals surface area contributed by atoms with Crippen LogP contribution in [0.1, 0.15) is 23.6 Å². The van der Waals surface area contributed by atoms with E-state index in [0.29, 0.717) is 0 Å². The van der Waals surface area contributed by atoms with Crippen molar-refractivity contribution in [3.05, 3.63) is 58.4 Å². The summed E-state index contributed by atoms with van der Waals surface area (Å²) in [4.78, 5) is 28.7. The highest BCUT2D eigenvalue weighted by atomic mass is 35.5. The predicted octanol–water partition coefficient (Wildman–Crippen LogP) is 3.22. The van der Waals surface area contributed by atoms with Crippen molar-refractivity contribution in [3.8, 4) is 0 Å². The number of anilines is 2. The number of halogens is 2. The van der Waals surface area contributed by atoms with Crippen molar-refractivity contribution in [2.24, 2.45) is 0 Å². The molecule has 0 radical (unpaired) electrons. The van der Waals surface area contributed by atoms with Gasteiger partial charge in [-0.2, -0.15) is 0 Å². The fraction of sp³-hybridized carbons (Fsp3) is 0.364. The molecule has 30 heavy (non-hydrogen) atoms. The highest BCUT2D eigenvalue weighted by Crippen LogP contribution is 2.30. The molecule has 1 heterocycles. The first-order valence-corrected chi connectivity index (χ1v) is 10.2. The molecule has 0 aromatic heterocycles. The van der Waals surface area contributed by atoms with Gasteiger partial charge in [-0.3, -0.25) is 9.59 Å². The van der Waals surface area contributed by atoms with Gasteiger partial charge in [-0.05, 0) is 62.3 Å². The minimum absolute atomic E-state index is 0.0838. The summed E-state index contributed by atoms with van der Waals surface area (Å²) in [6, 6.07) is 10.0. The molecule has 0 saturated heterocycles. The van der Waals surface area contributed by atoms with Gasteiger partial charge < -0.3 is 20.4 Å². The molecule has 0 bridgehead atoms. The lowest BCUT2D eigenvalue weighted by atomic mass is 9.96. The summed E-state index contributed by atoms with van der Waals surface area (Å²) in [6.45, 7) is 1.33. The van der Waals surface area contributed by atoms with Crippen LogP contribution in [0, 0.1) is 5.82 Å². The first-order valence-electron chi connectivity index (χ1n) is 9.81. The predicted molar refractivity (Wildman–Crippen MR) is 118 cm³/mol. The van der Waals surface area contributed by atoms with Gasteiger partial charge in [0.25, 0.3) is 0 Å². The Balaban J connectivity index is 1.65. The highest BCUT2D eigenvalue weighted by molar-refractivity contribution is 6.39. The summed E-state index contributed by atoms with van der Waals surface area (Å²) in [6.07, 6.45) is 2.15. The van der Waals surface area contributed by atoms with Gasteiger partial charge >= 0.3 is 11.8 Å². The second-order valence-electron chi connectivity index (χ2n) is 7.69. The number of benzene rings is 2. The summed E-state index contributed by atoms with van der Waals surface area (Å²) < 4.78 is 13.2. The zero-order valence-corrected chi connectivity index (χ0v) is 18.1. The quantitative estimate of drug-likeness (QED) is 0.712. The Morgan fingerprint density at radius 1 is 1.20 bits per heavy atom. The molecule has 1 atom stereocenters. The van der Waals surface area contributed by atoms with Crippen LogP contribution in [-0.4, -0.2) is 50.9 Å². The smallest absolute Gasteiger partial charge is 0.313 e. The lowest BCUT2D eigenvalue weighted by Crippen LogP contribution is -2.40. The van der Waals surface area contributed by atoms with Crippen LogP contribution in [0.15, 0.2) is 36.4 Å². The number of carbonyl (C=O) groups is 2. The molecule has 2 aromatic carbocycles. The highest BCUT2D eigenvalue weighted by Gasteiger charge is 2.21. The van der Waals surface area contributed by atoms with E-state index in [9.17, 15) is 14.0 Å². The Morgan fingerprint density at radius 3 is 2.67 bits per heavy atom. The number of nitrogens with one attached hydrogen (secondary N) is 2. The van der Waals surface area contributed by atoms with Crippen LogP contribution in [0.4, 0.5) is 15.8 Å². The van der Waals surface area contributed by atoms with Gasteiger partial charge in [-0.25, -0.2) is 4.39 Å². The monoisotopic (exact) mass is 432 g/mol. The number of fused-ring (bicyclic) bond motifs is 1. The lowest BCUT2D eigenvalue weighted by Gasteiger charge is -2.30. The second kappa shape index (κ2) is 9.45. The topological polar surface area (TPSA) is 64.7 Å². The average molecular weight is 433 g/mol. The van der Waals surface area contributed by atoms with Gasteiger partial charge in [-0.1, -0.05) is 23.7 Å². The van der Waals surface area contributed by atoms with Crippen LogP contribution >= 0.6 is 11.6 Å². The molecule has 1 unspecified atom stereocenters. The second-order valence-corrected chi connectivity index (χ2v) is 8.09. The Morgan fingerprint density at radius 2 is 1.97 bits per heavy atom. The first kappa shape index (κ1) is 22.1. The summed E-state index contributed by atoms with van der Waals surface area (Å²) in [7, 11) is 5.96. The molecule has 2 aromatic rings. The standard InChI is InChI=1S/C22H26ClFN4O2/c1-27(2)20(15-6-9-19-14(11-15)5-4-10-28(19)3)13-25-21(29)22(30)26-16-7-8-18(24)17(23)12-16/h6-9,11-12,20H,4-5,10,13H2,1-3H3,(H,25,29)(H,26,30). The molecule has 6 nitrogen and oxygen atoms in total. The fourth-order valence-corrected chi connectivity index (χ4v) is 3.82. The molecule has 0 saturated carbocycles. The first-order chi connectivity index (χ1) is 14.3. The van der Waals surface area contributed by atoms with Crippen molar-refractivity contribution < 1.29 is 14.0 Å². The Kier molecular flexibility index (Phi) is 6.95. The van der Waals surface area contributed by atoms with E-state index in [2.05, 4.69) is 40.8 Å². The van der Waals surface area contributed by atoms with Crippen LogP contribution in [0.2, 0.25) is 5.02 Å². The molecule has 1 aliphatic rings. The van der Waals surface area contributed by atoms with E-state index in [-0.39, 0.29) is 23.3 Å². The third-order valence-electron chi connectivity index (χ3n) is 5.30. The zero-order chi connectivity index (χ0) is 21.8. The van der Waals surface area contributed by atoms with Crippen molar-refractivity contribution in [3.63, 3.8) is 0 Å². The molecule has 2 N–H and O–H groups in total. The van der Waals surface area contributed by atoms with Gasteiger partial charge in [-0.15, -0.1) is 0 Å². The summed E-state index contributed by atoms with van der Waals surface area (Å²) in [5, 5.41) is 4.99. The average Bonchev–Trinajstić information content (AvgIpc) is 2.70. The van der Waals surface area contributed by atoms with Crippen LogP contribution in [0.5, 0.6) is 0 Å². The summed E-state index contributed by atoms with van der Waals surface area (Å²) in [5.74, 6) is -2.19. The lowest BCUT2D eigenvalue weighted by molar-refractivity contribution is -0.136. The van der Waals surface area contributed by atoms with Gasteiger partial charge in [0, 0.05) is 31.5 Å². The van der Waals surface area contributed by atoms with E-state index >= 15 is 0 Å². The van der Waals surface area contributed by atoms with Crippen molar-refractivity contribution in [1.29, 1.82) is 0 Å². The number of hydrogen-bond donors (Lipinski definition) is 2. The zero-order valence-electron chi connectivity index (χ0n) is 17.3. The number of hydrogen-bond acceptors (Lipinski definition) is 4. The normalized spacial score (nSPS) is 14.3. The minimum Gasteiger partial charge on any atom is -0.374 e. The third-order valence-corrected chi connectivity index (χ3v) is 5.59. The van der Waals surface area contributed by atoms with Gasteiger partial charge in [0.1, 0.15) is 5.82 Å². The van der Waals surface area contributed by atoms with E-state index in [1.54, 1.807) is 0 Å². The maximum Gasteiger partial charge on any atom is 0.313 e. The maximum atomic E-state index is 13.2. The summed E-state index contributed by atoms with van der Waals surface area (Å²) in [5.41, 5.74) is 3.87. The van der Waals surface area contributed by atoms with Crippen LogP contribution in [0.3, 0.4) is 0 Å². The number of nitrogens with zero attached hydrogens (tertiary/aromatic N) is 2. The summed E-state index contributed by atoms with van der Waals surface area (Å²) >= 11 is 5.71. The van der Waals surface area contributed by atoms with Crippen LogP contribution in [0.25, 0.3) is 0 Å². The number of likely N-dealkylation sites (N-methyl/N-ethyl adjacent to an activating group) is 1. The van der Waals surface area contributed by atoms with E-state index in [0.717, 1.165) is 31.0 Å².